The van der Waals surface area contributed by atoms with Crippen molar-refractivity contribution in [1.29, 1.82) is 0 Å². The van der Waals surface area contributed by atoms with Gasteiger partial charge in [0.05, 0.1) is 12.7 Å². The lowest BCUT2D eigenvalue weighted by Gasteiger charge is -2.08. The number of aromatic nitrogens is 1. The summed E-state index contributed by atoms with van der Waals surface area (Å²) in [5.41, 5.74) is 1.70. The number of carbonyl (C=O) groups is 1. The minimum absolute atomic E-state index is 0.119. The average Bonchev–Trinajstić information content (AvgIpc) is 2.48. The number of nitrogens with one attached hydrogen (secondary N) is 1. The highest BCUT2D eigenvalue weighted by Gasteiger charge is 2.10. The van der Waals surface area contributed by atoms with Gasteiger partial charge in [-0.3, -0.25) is 9.78 Å². The van der Waals surface area contributed by atoms with Gasteiger partial charge < -0.3 is 10.1 Å². The van der Waals surface area contributed by atoms with Crippen LogP contribution in [-0.4, -0.2) is 24.5 Å². The smallest absolute Gasteiger partial charge is 0.255 e. The summed E-state index contributed by atoms with van der Waals surface area (Å²) >= 11 is 0. The molecule has 2 aromatic rings. The van der Waals surface area contributed by atoms with Crippen LogP contribution >= 0.6 is 0 Å². The molecule has 0 aliphatic rings. The number of hydrogen-bond acceptors (Lipinski definition) is 3. The van der Waals surface area contributed by atoms with E-state index in [2.05, 4.69) is 10.3 Å². The number of rotatable bonds is 5. The molecule has 0 saturated heterocycles. The van der Waals surface area contributed by atoms with Gasteiger partial charge in [0.15, 0.2) is 0 Å². The Kier molecular flexibility index (Phi) is 4.50. The van der Waals surface area contributed by atoms with E-state index in [1.54, 1.807) is 31.6 Å². The topological polar surface area (TPSA) is 51.2 Å². The van der Waals surface area contributed by atoms with Crippen LogP contribution in [0.3, 0.4) is 0 Å². The summed E-state index contributed by atoms with van der Waals surface area (Å²) in [7, 11) is 1.56. The van der Waals surface area contributed by atoms with Gasteiger partial charge in [0.2, 0.25) is 0 Å². The summed E-state index contributed by atoms with van der Waals surface area (Å²) in [6.07, 6.45) is 4.28. The van der Waals surface area contributed by atoms with E-state index in [1.165, 1.54) is 0 Å². The van der Waals surface area contributed by atoms with Gasteiger partial charge in [-0.15, -0.1) is 0 Å². The quantitative estimate of drug-likeness (QED) is 0.891. The summed E-state index contributed by atoms with van der Waals surface area (Å²) in [6.45, 7) is 0.584. The van der Waals surface area contributed by atoms with Gasteiger partial charge in [0, 0.05) is 18.9 Å². The van der Waals surface area contributed by atoms with Gasteiger partial charge >= 0.3 is 0 Å². The van der Waals surface area contributed by atoms with Gasteiger partial charge in [-0.05, 0) is 36.2 Å². The molecular weight excluding hydrogens is 240 g/mol. The standard InChI is InChI=1S/C15H16N2O2/c1-19-14-5-3-2-4-13(14)15(18)17-11-8-12-6-9-16-10-7-12/h2-7,9-10H,8,11H2,1H3,(H,17,18). The molecule has 0 aliphatic carbocycles. The summed E-state index contributed by atoms with van der Waals surface area (Å²) in [5, 5.41) is 2.88. The Hall–Kier alpha value is -2.36. The first-order valence-electron chi connectivity index (χ1n) is 6.11. The Morgan fingerprint density at radius 2 is 1.95 bits per heavy atom. The zero-order chi connectivity index (χ0) is 13.5. The Morgan fingerprint density at radius 1 is 1.21 bits per heavy atom. The van der Waals surface area contributed by atoms with Crippen molar-refractivity contribution >= 4 is 5.91 Å². The monoisotopic (exact) mass is 256 g/mol. The molecule has 0 unspecified atom stereocenters. The lowest BCUT2D eigenvalue weighted by molar-refractivity contribution is 0.0951. The second kappa shape index (κ2) is 6.54. The van der Waals surface area contributed by atoms with Gasteiger partial charge in [0.1, 0.15) is 5.75 Å². The number of ether oxygens (including phenoxy) is 1. The van der Waals surface area contributed by atoms with Crippen LogP contribution in [0.4, 0.5) is 0 Å². The molecule has 4 nitrogen and oxygen atoms in total. The SMILES string of the molecule is COc1ccccc1C(=O)NCCc1ccncc1. The minimum Gasteiger partial charge on any atom is -0.496 e. The average molecular weight is 256 g/mol. The van der Waals surface area contributed by atoms with E-state index < -0.39 is 0 Å². The Morgan fingerprint density at radius 3 is 2.68 bits per heavy atom. The number of pyridine rings is 1. The summed E-state index contributed by atoms with van der Waals surface area (Å²) in [5.74, 6) is 0.468. The molecule has 0 saturated carbocycles. The first-order valence-corrected chi connectivity index (χ1v) is 6.11. The maximum Gasteiger partial charge on any atom is 0.255 e. The van der Waals surface area contributed by atoms with Gasteiger partial charge in [-0.1, -0.05) is 12.1 Å². The van der Waals surface area contributed by atoms with Crippen LogP contribution in [0, 0.1) is 0 Å². The number of nitrogens with zero attached hydrogens (tertiary/aromatic N) is 1. The molecule has 1 amide bonds. The van der Waals surface area contributed by atoms with E-state index in [9.17, 15) is 4.79 Å². The fourth-order valence-corrected chi connectivity index (χ4v) is 1.80. The third-order valence-corrected chi connectivity index (χ3v) is 2.80. The molecule has 1 aromatic carbocycles. The van der Waals surface area contributed by atoms with Crippen molar-refractivity contribution in [3.05, 3.63) is 59.9 Å². The van der Waals surface area contributed by atoms with E-state index >= 15 is 0 Å². The second-order valence-corrected chi connectivity index (χ2v) is 4.06. The largest absolute Gasteiger partial charge is 0.496 e. The molecule has 0 bridgehead atoms. The molecule has 98 valence electrons. The Bertz CT molecular complexity index is 541. The van der Waals surface area contributed by atoms with Crippen molar-refractivity contribution in [2.45, 2.75) is 6.42 Å². The molecule has 0 spiro atoms. The fraction of sp³-hybridized carbons (Fsp3) is 0.200. The summed E-state index contributed by atoms with van der Waals surface area (Å²) < 4.78 is 5.16. The number of benzene rings is 1. The fourth-order valence-electron chi connectivity index (χ4n) is 1.80. The summed E-state index contributed by atoms with van der Waals surface area (Å²) in [4.78, 5) is 16.0. The van der Waals surface area contributed by atoms with Crippen molar-refractivity contribution in [3.63, 3.8) is 0 Å². The Labute approximate surface area is 112 Å². The lowest BCUT2D eigenvalue weighted by Crippen LogP contribution is -2.26. The predicted octanol–water partition coefficient (Wildman–Crippen LogP) is 2.06. The van der Waals surface area contributed by atoms with Crippen molar-refractivity contribution in [2.24, 2.45) is 0 Å². The van der Waals surface area contributed by atoms with Crippen LogP contribution < -0.4 is 10.1 Å². The third-order valence-electron chi connectivity index (χ3n) is 2.80. The van der Waals surface area contributed by atoms with Crippen molar-refractivity contribution in [2.75, 3.05) is 13.7 Å². The van der Waals surface area contributed by atoms with E-state index in [0.717, 1.165) is 12.0 Å². The highest BCUT2D eigenvalue weighted by molar-refractivity contribution is 5.96. The third kappa shape index (κ3) is 3.55. The zero-order valence-corrected chi connectivity index (χ0v) is 10.8. The van der Waals surface area contributed by atoms with Crippen LogP contribution in [0.25, 0.3) is 0 Å². The maximum atomic E-state index is 12.0. The maximum absolute atomic E-state index is 12.0. The van der Waals surface area contributed by atoms with Gasteiger partial charge in [0.25, 0.3) is 5.91 Å². The minimum atomic E-state index is -0.119. The van der Waals surface area contributed by atoms with Crippen molar-refractivity contribution in [3.8, 4) is 5.75 Å². The molecule has 1 heterocycles. The molecular formula is C15H16N2O2. The first-order chi connectivity index (χ1) is 9.31. The molecule has 2 rings (SSSR count). The molecule has 1 N–H and O–H groups in total. The number of carbonyl (C=O) groups excluding carboxylic acids is 1. The summed E-state index contributed by atoms with van der Waals surface area (Å²) in [6, 6.07) is 11.1. The van der Waals surface area contributed by atoms with Crippen LogP contribution in [0.15, 0.2) is 48.8 Å². The molecule has 1 aromatic heterocycles. The number of para-hydroxylation sites is 1. The zero-order valence-electron chi connectivity index (χ0n) is 10.8. The second-order valence-electron chi connectivity index (χ2n) is 4.06. The normalized spacial score (nSPS) is 9.95. The van der Waals surface area contributed by atoms with E-state index in [-0.39, 0.29) is 5.91 Å². The number of hydrogen-bond donors (Lipinski definition) is 1. The molecule has 0 radical (unpaired) electrons. The van der Waals surface area contributed by atoms with Crippen molar-refractivity contribution < 1.29 is 9.53 Å². The molecule has 0 atom stereocenters. The predicted molar refractivity (Wildman–Crippen MR) is 73.3 cm³/mol. The molecule has 0 fully saturated rings. The van der Waals surface area contributed by atoms with Crippen molar-refractivity contribution in [1.82, 2.24) is 10.3 Å². The van der Waals surface area contributed by atoms with E-state index in [0.29, 0.717) is 17.9 Å². The number of amides is 1. The van der Waals surface area contributed by atoms with E-state index in [1.807, 2.05) is 24.3 Å². The number of methoxy groups -OCH3 is 1. The highest BCUT2D eigenvalue weighted by atomic mass is 16.5. The van der Waals surface area contributed by atoms with Crippen LogP contribution in [0.1, 0.15) is 15.9 Å². The van der Waals surface area contributed by atoms with Crippen LogP contribution in [-0.2, 0) is 6.42 Å². The highest BCUT2D eigenvalue weighted by Crippen LogP contribution is 2.16. The molecule has 0 aliphatic heterocycles. The van der Waals surface area contributed by atoms with E-state index in [4.69, 9.17) is 4.74 Å². The van der Waals surface area contributed by atoms with Crippen LogP contribution in [0.5, 0.6) is 5.75 Å². The van der Waals surface area contributed by atoms with Gasteiger partial charge in [-0.2, -0.15) is 0 Å². The first kappa shape index (κ1) is 13.1. The van der Waals surface area contributed by atoms with Gasteiger partial charge in [-0.25, -0.2) is 0 Å². The van der Waals surface area contributed by atoms with Crippen LogP contribution in [0.2, 0.25) is 0 Å². The molecule has 4 heteroatoms. The molecule has 19 heavy (non-hydrogen) atoms. The Balaban J connectivity index is 1.91. The lowest BCUT2D eigenvalue weighted by atomic mass is 10.1.